The van der Waals surface area contributed by atoms with Gasteiger partial charge >= 0.3 is 0 Å². The van der Waals surface area contributed by atoms with Crippen molar-refractivity contribution >= 4 is 17.3 Å². The van der Waals surface area contributed by atoms with Crippen molar-refractivity contribution in [1.29, 1.82) is 0 Å². The summed E-state index contributed by atoms with van der Waals surface area (Å²) < 4.78 is 13.2. The molecule has 2 aromatic carbocycles. The van der Waals surface area contributed by atoms with E-state index in [0.717, 1.165) is 11.1 Å². The summed E-state index contributed by atoms with van der Waals surface area (Å²) in [6.07, 6.45) is 0. The summed E-state index contributed by atoms with van der Waals surface area (Å²) in [6, 6.07) is 9.87. The molecule has 0 saturated heterocycles. The van der Waals surface area contributed by atoms with Gasteiger partial charge in [0.25, 0.3) is 0 Å². The van der Waals surface area contributed by atoms with Gasteiger partial charge in [0, 0.05) is 21.8 Å². The van der Waals surface area contributed by atoms with Gasteiger partial charge in [-0.25, -0.2) is 4.39 Å². The fraction of sp³-hybridized carbons (Fsp3) is 0.0769. The summed E-state index contributed by atoms with van der Waals surface area (Å²) in [5, 5.41) is 0.499. The van der Waals surface area contributed by atoms with Gasteiger partial charge in [-0.15, -0.1) is 0 Å². The topological polar surface area (TPSA) is 26.0 Å². The van der Waals surface area contributed by atoms with E-state index in [2.05, 4.69) is 0 Å². The van der Waals surface area contributed by atoms with Gasteiger partial charge in [0.05, 0.1) is 0 Å². The van der Waals surface area contributed by atoms with Crippen molar-refractivity contribution in [3.8, 4) is 11.1 Å². The predicted octanol–water partition coefficient (Wildman–Crippen LogP) is 4.04. The van der Waals surface area contributed by atoms with E-state index in [0.29, 0.717) is 16.3 Å². The molecule has 1 nitrogen and oxygen atoms in total. The average Bonchev–Trinajstić information content (AvgIpc) is 2.25. The Morgan fingerprint density at radius 1 is 1.06 bits per heavy atom. The highest BCUT2D eigenvalue weighted by molar-refractivity contribution is 6.33. The number of hydrogen-bond acceptors (Lipinski definition) is 1. The average molecular weight is 236 g/mol. The Balaban J connectivity index is 2.66. The molecule has 0 amide bonds. The van der Waals surface area contributed by atoms with Gasteiger partial charge in [-0.3, -0.25) is 0 Å². The maximum atomic E-state index is 13.2. The van der Waals surface area contributed by atoms with Crippen LogP contribution in [0, 0.1) is 12.7 Å². The summed E-state index contributed by atoms with van der Waals surface area (Å²) in [6.45, 7) is 1.95. The molecule has 2 N–H and O–H groups in total. The van der Waals surface area contributed by atoms with Crippen LogP contribution in [-0.2, 0) is 0 Å². The largest absolute Gasteiger partial charge is 0.398 e. The van der Waals surface area contributed by atoms with Crippen molar-refractivity contribution in [1.82, 2.24) is 0 Å². The SMILES string of the molecule is Cc1ccc(N)c(-c2cc(F)ccc2Cl)c1. The molecule has 0 heterocycles. The molecule has 0 bridgehead atoms. The maximum absolute atomic E-state index is 13.2. The number of anilines is 1. The standard InChI is InChI=1S/C13H11ClFN/c1-8-2-5-13(16)11(6-8)10-7-9(15)3-4-12(10)14/h2-7H,16H2,1H3. The van der Waals surface area contributed by atoms with Crippen molar-refractivity contribution in [2.75, 3.05) is 5.73 Å². The van der Waals surface area contributed by atoms with Gasteiger partial charge in [0.1, 0.15) is 5.82 Å². The zero-order valence-corrected chi connectivity index (χ0v) is 9.55. The van der Waals surface area contributed by atoms with E-state index in [1.165, 1.54) is 18.2 Å². The molecule has 0 atom stereocenters. The van der Waals surface area contributed by atoms with Crippen LogP contribution < -0.4 is 5.73 Å². The zero-order chi connectivity index (χ0) is 11.7. The quantitative estimate of drug-likeness (QED) is 0.742. The fourth-order valence-corrected chi connectivity index (χ4v) is 1.83. The smallest absolute Gasteiger partial charge is 0.123 e. The first-order chi connectivity index (χ1) is 7.58. The van der Waals surface area contributed by atoms with E-state index in [-0.39, 0.29) is 5.82 Å². The van der Waals surface area contributed by atoms with E-state index in [9.17, 15) is 4.39 Å². The molecule has 0 saturated carbocycles. The van der Waals surface area contributed by atoms with Gasteiger partial charge < -0.3 is 5.73 Å². The third-order valence-corrected chi connectivity index (χ3v) is 2.76. The van der Waals surface area contributed by atoms with Crippen LogP contribution in [-0.4, -0.2) is 0 Å². The lowest BCUT2D eigenvalue weighted by atomic mass is 10.0. The Morgan fingerprint density at radius 2 is 1.81 bits per heavy atom. The van der Waals surface area contributed by atoms with Crippen LogP contribution in [0.2, 0.25) is 5.02 Å². The van der Waals surface area contributed by atoms with Crippen LogP contribution in [0.1, 0.15) is 5.56 Å². The molecule has 16 heavy (non-hydrogen) atoms. The van der Waals surface area contributed by atoms with Crippen molar-refractivity contribution in [3.05, 3.63) is 52.8 Å². The molecule has 0 aliphatic rings. The molecule has 0 unspecified atom stereocenters. The van der Waals surface area contributed by atoms with E-state index in [1.54, 1.807) is 6.07 Å². The number of aryl methyl sites for hydroxylation is 1. The molecule has 0 aliphatic heterocycles. The molecule has 2 aromatic rings. The molecule has 0 aliphatic carbocycles. The van der Waals surface area contributed by atoms with Crippen LogP contribution in [0.25, 0.3) is 11.1 Å². The van der Waals surface area contributed by atoms with Crippen LogP contribution in [0.4, 0.5) is 10.1 Å². The number of nitrogens with two attached hydrogens (primary N) is 1. The first-order valence-corrected chi connectivity index (χ1v) is 5.27. The van der Waals surface area contributed by atoms with Gasteiger partial charge in [0.2, 0.25) is 0 Å². The minimum Gasteiger partial charge on any atom is -0.398 e. The van der Waals surface area contributed by atoms with Gasteiger partial charge in [0.15, 0.2) is 0 Å². The predicted molar refractivity (Wildman–Crippen MR) is 66.0 cm³/mol. The molecule has 0 radical (unpaired) electrons. The lowest BCUT2D eigenvalue weighted by molar-refractivity contribution is 0.628. The number of benzene rings is 2. The Hall–Kier alpha value is -1.54. The minimum absolute atomic E-state index is 0.319. The van der Waals surface area contributed by atoms with Gasteiger partial charge in [-0.1, -0.05) is 23.2 Å². The zero-order valence-electron chi connectivity index (χ0n) is 8.80. The molecule has 82 valence electrons. The number of rotatable bonds is 1. The van der Waals surface area contributed by atoms with Gasteiger partial charge in [-0.05, 0) is 37.3 Å². The summed E-state index contributed by atoms with van der Waals surface area (Å²) in [4.78, 5) is 0. The molecule has 3 heteroatoms. The van der Waals surface area contributed by atoms with E-state index in [1.807, 2.05) is 19.1 Å². The first-order valence-electron chi connectivity index (χ1n) is 4.89. The maximum Gasteiger partial charge on any atom is 0.123 e. The van der Waals surface area contributed by atoms with Gasteiger partial charge in [-0.2, -0.15) is 0 Å². The summed E-state index contributed by atoms with van der Waals surface area (Å²) in [7, 11) is 0. The Bertz CT molecular complexity index is 488. The van der Waals surface area contributed by atoms with E-state index >= 15 is 0 Å². The van der Waals surface area contributed by atoms with Crippen molar-refractivity contribution in [3.63, 3.8) is 0 Å². The third-order valence-electron chi connectivity index (χ3n) is 2.43. The Morgan fingerprint density at radius 3 is 2.56 bits per heavy atom. The highest BCUT2D eigenvalue weighted by atomic mass is 35.5. The number of halogens is 2. The second kappa shape index (κ2) is 4.14. The van der Waals surface area contributed by atoms with Crippen molar-refractivity contribution in [2.45, 2.75) is 6.92 Å². The highest BCUT2D eigenvalue weighted by Crippen LogP contribution is 2.33. The normalized spacial score (nSPS) is 10.4. The number of nitrogen functional groups attached to an aromatic ring is 1. The monoisotopic (exact) mass is 235 g/mol. The second-order valence-corrected chi connectivity index (χ2v) is 4.12. The van der Waals surface area contributed by atoms with Crippen molar-refractivity contribution < 1.29 is 4.39 Å². The third kappa shape index (κ3) is 2.02. The fourth-order valence-electron chi connectivity index (χ4n) is 1.61. The second-order valence-electron chi connectivity index (χ2n) is 3.71. The number of hydrogen-bond donors (Lipinski definition) is 1. The van der Waals surface area contributed by atoms with Crippen LogP contribution in [0.15, 0.2) is 36.4 Å². The van der Waals surface area contributed by atoms with Crippen LogP contribution in [0.3, 0.4) is 0 Å². The van der Waals surface area contributed by atoms with E-state index in [4.69, 9.17) is 17.3 Å². The Labute approximate surface area is 98.7 Å². The molecular formula is C13H11ClFN. The molecular weight excluding hydrogens is 225 g/mol. The molecule has 2 rings (SSSR count). The lowest BCUT2D eigenvalue weighted by Crippen LogP contribution is -1.92. The van der Waals surface area contributed by atoms with Crippen molar-refractivity contribution in [2.24, 2.45) is 0 Å². The van der Waals surface area contributed by atoms with Crippen LogP contribution in [0.5, 0.6) is 0 Å². The molecule has 0 aromatic heterocycles. The first kappa shape index (κ1) is 11.0. The van der Waals surface area contributed by atoms with Crippen LogP contribution >= 0.6 is 11.6 Å². The summed E-state index contributed by atoms with van der Waals surface area (Å²) in [5.74, 6) is -0.319. The Kier molecular flexibility index (Phi) is 2.84. The minimum atomic E-state index is -0.319. The lowest BCUT2D eigenvalue weighted by Gasteiger charge is -2.09. The summed E-state index contributed by atoms with van der Waals surface area (Å²) >= 11 is 6.03. The van der Waals surface area contributed by atoms with E-state index < -0.39 is 0 Å². The molecule has 0 spiro atoms. The molecule has 0 fully saturated rings. The highest BCUT2D eigenvalue weighted by Gasteiger charge is 2.08. The summed E-state index contributed by atoms with van der Waals surface area (Å²) in [5.41, 5.74) is 8.91.